The molecule has 1 N–H and O–H groups in total. The van der Waals surface area contributed by atoms with E-state index in [1.165, 1.54) is 12.3 Å². The van der Waals surface area contributed by atoms with Crippen molar-refractivity contribution in [2.75, 3.05) is 17.3 Å². The normalized spacial score (nSPS) is 10.0. The molecule has 6 heteroatoms. The minimum atomic E-state index is -0.308. The van der Waals surface area contributed by atoms with Gasteiger partial charge in [-0.05, 0) is 42.5 Å². The van der Waals surface area contributed by atoms with Gasteiger partial charge in [-0.2, -0.15) is 5.26 Å². The largest absolute Gasteiger partial charge is 0.329 e. The Hall–Kier alpha value is -3.36. The van der Waals surface area contributed by atoms with Crippen LogP contribution < -0.4 is 10.2 Å². The molecule has 3 rings (SSSR count). The molecule has 1 amide bonds. The van der Waals surface area contributed by atoms with Gasteiger partial charge in [0.2, 0.25) is 0 Å². The number of para-hydroxylation sites is 1. The van der Waals surface area contributed by atoms with Gasteiger partial charge in [0.15, 0.2) is 0 Å². The minimum Gasteiger partial charge on any atom is -0.329 e. The van der Waals surface area contributed by atoms with Crippen LogP contribution in [0.25, 0.3) is 0 Å². The molecular weight excluding hydrogens is 348 g/mol. The molecule has 0 atom stereocenters. The van der Waals surface area contributed by atoms with E-state index in [1.54, 1.807) is 24.3 Å². The average Bonchev–Trinajstić information content (AvgIpc) is 2.69. The van der Waals surface area contributed by atoms with E-state index in [4.69, 9.17) is 16.9 Å². The average molecular weight is 363 g/mol. The molecule has 1 aromatic heterocycles. The topological polar surface area (TPSA) is 69.0 Å². The maximum atomic E-state index is 12.4. The van der Waals surface area contributed by atoms with E-state index in [2.05, 4.69) is 10.3 Å². The first-order valence-electron chi connectivity index (χ1n) is 7.84. The first kappa shape index (κ1) is 17.5. The van der Waals surface area contributed by atoms with Crippen LogP contribution in [0.2, 0.25) is 5.02 Å². The molecule has 26 heavy (non-hydrogen) atoms. The zero-order valence-corrected chi connectivity index (χ0v) is 14.7. The van der Waals surface area contributed by atoms with Crippen LogP contribution in [0.1, 0.15) is 15.9 Å². The van der Waals surface area contributed by atoms with Crippen LogP contribution in [-0.4, -0.2) is 17.9 Å². The van der Waals surface area contributed by atoms with Gasteiger partial charge in [0.05, 0.1) is 16.1 Å². The van der Waals surface area contributed by atoms with Crippen molar-refractivity contribution in [2.45, 2.75) is 0 Å². The number of benzene rings is 2. The van der Waals surface area contributed by atoms with E-state index in [0.29, 0.717) is 21.8 Å². The van der Waals surface area contributed by atoms with Gasteiger partial charge < -0.3 is 10.2 Å². The number of rotatable bonds is 4. The number of amides is 1. The van der Waals surface area contributed by atoms with Gasteiger partial charge in [-0.1, -0.05) is 29.8 Å². The van der Waals surface area contributed by atoms with Crippen molar-refractivity contribution < 1.29 is 4.79 Å². The van der Waals surface area contributed by atoms with Crippen molar-refractivity contribution in [2.24, 2.45) is 0 Å². The van der Waals surface area contributed by atoms with Gasteiger partial charge in [0, 0.05) is 24.6 Å². The third-order valence-electron chi connectivity index (χ3n) is 3.84. The lowest BCUT2D eigenvalue weighted by Crippen LogP contribution is -2.14. The van der Waals surface area contributed by atoms with Crippen molar-refractivity contribution in [1.82, 2.24) is 4.98 Å². The molecule has 0 fully saturated rings. The molecule has 3 aromatic rings. The molecule has 0 saturated carbocycles. The molecule has 0 aliphatic carbocycles. The highest BCUT2D eigenvalue weighted by Gasteiger charge is 2.10. The van der Waals surface area contributed by atoms with Crippen molar-refractivity contribution in [3.05, 3.63) is 83.0 Å². The lowest BCUT2D eigenvalue weighted by molar-refractivity contribution is 0.102. The molecule has 2 aromatic carbocycles. The SMILES string of the molecule is CN(c1ccccc1)c1ccc(C(=O)Nc2ccc(Cl)c(C#N)c2)cn1. The fourth-order valence-electron chi connectivity index (χ4n) is 2.39. The minimum absolute atomic E-state index is 0.308. The highest BCUT2D eigenvalue weighted by Crippen LogP contribution is 2.22. The van der Waals surface area contributed by atoms with Crippen LogP contribution >= 0.6 is 11.6 Å². The lowest BCUT2D eigenvalue weighted by atomic mass is 10.2. The molecule has 0 aliphatic rings. The van der Waals surface area contributed by atoms with Crippen LogP contribution in [-0.2, 0) is 0 Å². The number of pyridine rings is 1. The van der Waals surface area contributed by atoms with Gasteiger partial charge >= 0.3 is 0 Å². The summed E-state index contributed by atoms with van der Waals surface area (Å²) in [7, 11) is 1.91. The highest BCUT2D eigenvalue weighted by atomic mass is 35.5. The van der Waals surface area contributed by atoms with Crippen LogP contribution in [0.15, 0.2) is 66.9 Å². The molecular formula is C20H15ClN4O. The first-order valence-corrected chi connectivity index (χ1v) is 8.22. The first-order chi connectivity index (χ1) is 12.6. The van der Waals surface area contributed by atoms with Crippen LogP contribution in [0.4, 0.5) is 17.2 Å². The summed E-state index contributed by atoms with van der Waals surface area (Å²) in [4.78, 5) is 18.7. The monoisotopic (exact) mass is 362 g/mol. The molecule has 5 nitrogen and oxygen atoms in total. The second-order valence-electron chi connectivity index (χ2n) is 5.56. The van der Waals surface area contributed by atoms with E-state index in [0.717, 1.165) is 11.5 Å². The number of hydrogen-bond donors (Lipinski definition) is 1. The zero-order chi connectivity index (χ0) is 18.5. The quantitative estimate of drug-likeness (QED) is 0.734. The number of hydrogen-bond acceptors (Lipinski definition) is 4. The Balaban J connectivity index is 1.74. The van der Waals surface area contributed by atoms with E-state index in [-0.39, 0.29) is 5.91 Å². The number of aromatic nitrogens is 1. The number of nitrogens with one attached hydrogen (secondary N) is 1. The summed E-state index contributed by atoms with van der Waals surface area (Å²) >= 11 is 5.90. The maximum Gasteiger partial charge on any atom is 0.257 e. The van der Waals surface area contributed by atoms with E-state index in [9.17, 15) is 4.79 Å². The molecule has 128 valence electrons. The molecule has 1 heterocycles. The second-order valence-corrected chi connectivity index (χ2v) is 5.97. The summed E-state index contributed by atoms with van der Waals surface area (Å²) in [5.41, 5.74) is 2.23. The summed E-state index contributed by atoms with van der Waals surface area (Å²) in [6, 6.07) is 20.0. The number of anilines is 3. The molecule has 0 radical (unpaired) electrons. The number of carbonyl (C=O) groups excluding carboxylic acids is 1. The van der Waals surface area contributed by atoms with Crippen LogP contribution in [0.3, 0.4) is 0 Å². The number of nitrogens with zero attached hydrogens (tertiary/aromatic N) is 3. The molecule has 0 aliphatic heterocycles. The van der Waals surface area contributed by atoms with E-state index < -0.39 is 0 Å². The number of carbonyl (C=O) groups is 1. The van der Waals surface area contributed by atoms with E-state index in [1.807, 2.05) is 48.3 Å². The summed E-state index contributed by atoms with van der Waals surface area (Å²) in [6.07, 6.45) is 1.52. The van der Waals surface area contributed by atoms with Gasteiger partial charge in [-0.3, -0.25) is 4.79 Å². The van der Waals surface area contributed by atoms with Crippen molar-refractivity contribution >= 4 is 34.7 Å². The third-order valence-corrected chi connectivity index (χ3v) is 4.17. The predicted molar refractivity (Wildman–Crippen MR) is 103 cm³/mol. The fraction of sp³-hybridized carbons (Fsp3) is 0.0500. The lowest BCUT2D eigenvalue weighted by Gasteiger charge is -2.18. The zero-order valence-electron chi connectivity index (χ0n) is 14.0. The Morgan fingerprint density at radius 1 is 1.15 bits per heavy atom. The molecule has 0 bridgehead atoms. The van der Waals surface area contributed by atoms with Crippen molar-refractivity contribution in [3.8, 4) is 6.07 Å². The summed E-state index contributed by atoms with van der Waals surface area (Å²) in [6.45, 7) is 0. The second kappa shape index (κ2) is 7.68. The van der Waals surface area contributed by atoms with Crippen LogP contribution in [0, 0.1) is 11.3 Å². The highest BCUT2D eigenvalue weighted by molar-refractivity contribution is 6.31. The fourth-order valence-corrected chi connectivity index (χ4v) is 2.55. The summed E-state index contributed by atoms with van der Waals surface area (Å²) in [5.74, 6) is 0.420. The Labute approximate surface area is 156 Å². The predicted octanol–water partition coefficient (Wildman–Crippen LogP) is 4.63. The van der Waals surface area contributed by atoms with Gasteiger partial charge in [0.1, 0.15) is 11.9 Å². The number of nitriles is 1. The Kier molecular flexibility index (Phi) is 5.16. The number of halogens is 1. The van der Waals surface area contributed by atoms with Gasteiger partial charge in [0.25, 0.3) is 5.91 Å². The molecule has 0 unspecified atom stereocenters. The van der Waals surface area contributed by atoms with Gasteiger partial charge in [-0.15, -0.1) is 0 Å². The maximum absolute atomic E-state index is 12.4. The Bertz CT molecular complexity index is 965. The Morgan fingerprint density at radius 2 is 1.92 bits per heavy atom. The summed E-state index contributed by atoms with van der Waals surface area (Å²) in [5, 5.41) is 12.1. The third kappa shape index (κ3) is 3.82. The standard InChI is InChI=1S/C20H15ClN4O/c1-25(17-5-3-2-4-6-17)19-10-7-14(13-23-19)20(26)24-16-8-9-18(21)15(11-16)12-22/h2-11,13H,1H3,(H,24,26). The molecule has 0 saturated heterocycles. The van der Waals surface area contributed by atoms with Crippen molar-refractivity contribution in [3.63, 3.8) is 0 Å². The Morgan fingerprint density at radius 3 is 2.58 bits per heavy atom. The smallest absolute Gasteiger partial charge is 0.257 e. The van der Waals surface area contributed by atoms with Crippen molar-refractivity contribution in [1.29, 1.82) is 5.26 Å². The van der Waals surface area contributed by atoms with Gasteiger partial charge in [-0.25, -0.2) is 4.98 Å². The van der Waals surface area contributed by atoms with E-state index >= 15 is 0 Å². The summed E-state index contributed by atoms with van der Waals surface area (Å²) < 4.78 is 0. The molecule has 0 spiro atoms. The van der Waals surface area contributed by atoms with Crippen LogP contribution in [0.5, 0.6) is 0 Å².